The molecule has 0 amide bonds. The van der Waals surface area contributed by atoms with E-state index in [9.17, 15) is 13.2 Å². The summed E-state index contributed by atoms with van der Waals surface area (Å²) < 4.78 is 28.2. The summed E-state index contributed by atoms with van der Waals surface area (Å²) in [7, 11) is -3.89. The molecule has 0 aromatic heterocycles. The van der Waals surface area contributed by atoms with Gasteiger partial charge in [0.05, 0.1) is 17.1 Å². The van der Waals surface area contributed by atoms with Crippen molar-refractivity contribution in [1.29, 1.82) is 0 Å². The first-order valence-electron chi connectivity index (χ1n) is 6.00. The maximum Gasteiger partial charge on any atom is 0.338 e. The molecule has 1 aromatic rings. The van der Waals surface area contributed by atoms with E-state index in [0.717, 1.165) is 6.42 Å². The summed E-state index contributed by atoms with van der Waals surface area (Å²) in [6.07, 6.45) is 0.720. The number of rotatable bonds is 4. The molecule has 0 heterocycles. The summed E-state index contributed by atoms with van der Waals surface area (Å²) in [5, 5.41) is 5.07. The van der Waals surface area contributed by atoms with Crippen molar-refractivity contribution in [3.05, 3.63) is 28.2 Å². The van der Waals surface area contributed by atoms with E-state index in [1.807, 2.05) is 20.8 Å². The molecule has 5 nitrogen and oxygen atoms in total. The summed E-state index contributed by atoms with van der Waals surface area (Å²) in [5.41, 5.74) is 0.220. The van der Waals surface area contributed by atoms with E-state index in [2.05, 4.69) is 15.9 Å². The van der Waals surface area contributed by atoms with Gasteiger partial charge < -0.3 is 4.74 Å². The number of benzene rings is 1. The number of hydrogen-bond donors (Lipinski definition) is 1. The van der Waals surface area contributed by atoms with Crippen LogP contribution in [-0.2, 0) is 14.8 Å². The number of ether oxygens (including phenoxy) is 1. The third kappa shape index (κ3) is 5.22. The molecule has 0 unspecified atom stereocenters. The number of sulfonamides is 1. The Balaban J connectivity index is 2.85. The molecule has 0 radical (unpaired) electrons. The van der Waals surface area contributed by atoms with E-state index in [4.69, 9.17) is 9.88 Å². The highest BCUT2D eigenvalue weighted by Crippen LogP contribution is 2.23. The monoisotopic (exact) mass is 363 g/mol. The Morgan fingerprint density at radius 3 is 2.45 bits per heavy atom. The van der Waals surface area contributed by atoms with Gasteiger partial charge >= 0.3 is 5.97 Å². The first kappa shape index (κ1) is 17.1. The fraction of sp³-hybridized carbons (Fsp3) is 0.462. The predicted octanol–water partition coefficient (Wildman–Crippen LogP) is 2.69. The van der Waals surface area contributed by atoms with Crippen molar-refractivity contribution in [3.8, 4) is 0 Å². The number of esters is 1. The fourth-order valence-electron chi connectivity index (χ4n) is 1.38. The van der Waals surface area contributed by atoms with E-state index < -0.39 is 16.0 Å². The minimum absolute atomic E-state index is 0.0613. The van der Waals surface area contributed by atoms with Crippen LogP contribution in [0.3, 0.4) is 0 Å². The molecule has 20 heavy (non-hydrogen) atoms. The number of hydrogen-bond acceptors (Lipinski definition) is 4. The quantitative estimate of drug-likeness (QED) is 0.833. The van der Waals surface area contributed by atoms with Gasteiger partial charge in [0.1, 0.15) is 0 Å². The molecular weight excluding hydrogens is 346 g/mol. The Kier molecular flexibility index (Phi) is 5.34. The smallest absolute Gasteiger partial charge is 0.338 e. The average Bonchev–Trinajstić information content (AvgIpc) is 2.26. The van der Waals surface area contributed by atoms with Crippen molar-refractivity contribution in [1.82, 2.24) is 0 Å². The molecule has 2 N–H and O–H groups in total. The number of carbonyl (C=O) groups is 1. The molecule has 0 aliphatic rings. The van der Waals surface area contributed by atoms with Gasteiger partial charge in [-0.05, 0) is 46.0 Å². The van der Waals surface area contributed by atoms with Crippen LogP contribution in [0.1, 0.15) is 37.6 Å². The maximum absolute atomic E-state index is 11.8. The zero-order valence-corrected chi connectivity index (χ0v) is 14.0. The Labute approximate surface area is 127 Å². The van der Waals surface area contributed by atoms with E-state index >= 15 is 0 Å². The Hall–Kier alpha value is -0.920. The van der Waals surface area contributed by atoms with Crippen LogP contribution in [0.25, 0.3) is 0 Å². The Morgan fingerprint density at radius 1 is 1.35 bits per heavy atom. The van der Waals surface area contributed by atoms with Crippen molar-refractivity contribution in [2.75, 3.05) is 6.61 Å². The summed E-state index contributed by atoms with van der Waals surface area (Å²) in [6.45, 7) is 6.40. The topological polar surface area (TPSA) is 86.5 Å². The predicted molar refractivity (Wildman–Crippen MR) is 79.9 cm³/mol. The van der Waals surface area contributed by atoms with E-state index in [0.29, 0.717) is 4.47 Å². The average molecular weight is 364 g/mol. The molecule has 0 atom stereocenters. The van der Waals surface area contributed by atoms with Crippen LogP contribution in [0.2, 0.25) is 0 Å². The first-order valence-corrected chi connectivity index (χ1v) is 8.34. The van der Waals surface area contributed by atoms with Crippen LogP contribution < -0.4 is 5.14 Å². The zero-order chi connectivity index (χ0) is 15.6. The third-order valence-corrected chi connectivity index (χ3v) is 4.46. The van der Waals surface area contributed by atoms with Gasteiger partial charge in [-0.15, -0.1) is 0 Å². The molecule has 0 spiro atoms. The Morgan fingerprint density at radius 2 is 1.95 bits per heavy atom. The summed E-state index contributed by atoms with van der Waals surface area (Å²) >= 11 is 3.08. The molecule has 7 heteroatoms. The van der Waals surface area contributed by atoms with Gasteiger partial charge in [-0.1, -0.05) is 20.8 Å². The normalized spacial score (nSPS) is 12.2. The summed E-state index contributed by atoms with van der Waals surface area (Å²) in [4.78, 5) is 11.7. The van der Waals surface area contributed by atoms with Crippen LogP contribution in [0.5, 0.6) is 0 Å². The van der Waals surface area contributed by atoms with Crippen molar-refractivity contribution >= 4 is 31.9 Å². The standard InChI is InChI=1S/C13H18BrNO4S/c1-13(2,3)6-7-19-12(16)9-4-5-10(14)11(8-9)20(15,17)18/h4-5,8H,6-7H2,1-3H3,(H2,15,17,18). The van der Waals surface area contributed by atoms with Gasteiger partial charge in [0.15, 0.2) is 0 Å². The van der Waals surface area contributed by atoms with E-state index in [-0.39, 0.29) is 22.5 Å². The molecule has 0 aliphatic carbocycles. The lowest BCUT2D eigenvalue weighted by Gasteiger charge is -2.17. The highest BCUT2D eigenvalue weighted by Gasteiger charge is 2.17. The second-order valence-electron chi connectivity index (χ2n) is 5.64. The number of halogens is 1. The van der Waals surface area contributed by atoms with Crippen molar-refractivity contribution in [2.24, 2.45) is 10.6 Å². The fourth-order valence-corrected chi connectivity index (χ4v) is 2.94. The summed E-state index contributed by atoms with van der Waals surface area (Å²) in [5.74, 6) is -0.563. The first-order chi connectivity index (χ1) is 9.00. The SMILES string of the molecule is CC(C)(C)CCOC(=O)c1ccc(Br)c(S(N)(=O)=O)c1. The zero-order valence-electron chi connectivity index (χ0n) is 11.6. The molecule has 1 rings (SSSR count). The summed E-state index contributed by atoms with van der Waals surface area (Å²) in [6, 6.07) is 4.15. The van der Waals surface area contributed by atoms with Crippen LogP contribution in [0.15, 0.2) is 27.6 Å². The highest BCUT2D eigenvalue weighted by atomic mass is 79.9. The minimum Gasteiger partial charge on any atom is -0.462 e. The number of nitrogens with two attached hydrogens (primary N) is 1. The molecular formula is C13H18BrNO4S. The van der Waals surface area contributed by atoms with Crippen LogP contribution in [-0.4, -0.2) is 21.0 Å². The second-order valence-corrected chi connectivity index (χ2v) is 8.02. The molecule has 0 saturated carbocycles. The van der Waals surface area contributed by atoms with Crippen molar-refractivity contribution in [2.45, 2.75) is 32.1 Å². The lowest BCUT2D eigenvalue weighted by atomic mass is 9.93. The lowest BCUT2D eigenvalue weighted by Crippen LogP contribution is -2.16. The maximum atomic E-state index is 11.8. The van der Waals surface area contributed by atoms with Crippen molar-refractivity contribution < 1.29 is 17.9 Å². The highest BCUT2D eigenvalue weighted by molar-refractivity contribution is 9.10. The van der Waals surface area contributed by atoms with Gasteiger partial charge in [-0.2, -0.15) is 0 Å². The van der Waals surface area contributed by atoms with E-state index in [1.54, 1.807) is 0 Å². The van der Waals surface area contributed by atoms with Crippen LogP contribution in [0, 0.1) is 5.41 Å². The minimum atomic E-state index is -3.89. The molecule has 1 aromatic carbocycles. The van der Waals surface area contributed by atoms with Gasteiger partial charge in [0.25, 0.3) is 0 Å². The molecule has 0 fully saturated rings. The third-order valence-electron chi connectivity index (χ3n) is 2.56. The molecule has 0 bridgehead atoms. The van der Waals surface area contributed by atoms with Gasteiger partial charge in [-0.25, -0.2) is 18.4 Å². The number of carbonyl (C=O) groups excluding carboxylic acids is 1. The van der Waals surface area contributed by atoms with Gasteiger partial charge in [-0.3, -0.25) is 0 Å². The molecule has 0 saturated heterocycles. The second kappa shape index (κ2) is 6.24. The van der Waals surface area contributed by atoms with Crippen molar-refractivity contribution in [3.63, 3.8) is 0 Å². The van der Waals surface area contributed by atoms with Gasteiger partial charge in [0, 0.05) is 4.47 Å². The lowest BCUT2D eigenvalue weighted by molar-refractivity contribution is 0.0464. The largest absolute Gasteiger partial charge is 0.462 e. The molecule has 0 aliphatic heterocycles. The van der Waals surface area contributed by atoms with Crippen LogP contribution >= 0.6 is 15.9 Å². The Bertz CT molecular complexity index is 605. The van der Waals surface area contributed by atoms with Gasteiger partial charge in [0.2, 0.25) is 10.0 Å². The molecule has 112 valence electrons. The van der Waals surface area contributed by atoms with Crippen LogP contribution in [0.4, 0.5) is 0 Å². The number of primary sulfonamides is 1. The van der Waals surface area contributed by atoms with E-state index in [1.165, 1.54) is 18.2 Å².